The minimum Gasteiger partial charge on any atom is -0.480 e. The Morgan fingerprint density at radius 2 is 1.74 bits per heavy atom. The molecule has 0 radical (unpaired) electrons. The van der Waals surface area contributed by atoms with Crippen LogP contribution in [0.2, 0.25) is 0 Å². The smallest absolute Gasteiger partial charge is 0.322 e. The van der Waals surface area contributed by atoms with E-state index in [-0.39, 0.29) is 11.3 Å². The molecular formula is C24H21N6O4S-. The summed E-state index contributed by atoms with van der Waals surface area (Å²) in [6.07, 6.45) is 1.69. The number of hydrazone groups is 1. The third-order valence-corrected chi connectivity index (χ3v) is 7.05. The van der Waals surface area contributed by atoms with E-state index in [2.05, 4.69) is 25.8 Å². The Labute approximate surface area is 201 Å². The quantitative estimate of drug-likeness (QED) is 0.300. The summed E-state index contributed by atoms with van der Waals surface area (Å²) in [5, 5.41) is 16.4. The van der Waals surface area contributed by atoms with E-state index >= 15 is 0 Å². The summed E-state index contributed by atoms with van der Waals surface area (Å²) in [6.45, 7) is 0. The van der Waals surface area contributed by atoms with Gasteiger partial charge >= 0.3 is 5.97 Å². The third kappa shape index (κ3) is 4.73. The first-order valence-electron chi connectivity index (χ1n) is 10.7. The first-order chi connectivity index (χ1) is 16.9. The van der Waals surface area contributed by atoms with Crippen molar-refractivity contribution >= 4 is 38.4 Å². The van der Waals surface area contributed by atoms with Gasteiger partial charge in [-0.25, -0.2) is 14.0 Å². The van der Waals surface area contributed by atoms with Crippen LogP contribution in [0.4, 0.5) is 5.69 Å². The van der Waals surface area contributed by atoms with Gasteiger partial charge < -0.3 is 20.6 Å². The normalized spacial score (nSPS) is 14.5. The lowest BCUT2D eigenvalue weighted by atomic mass is 10.1. The van der Waals surface area contributed by atoms with Crippen LogP contribution in [0.5, 0.6) is 0 Å². The van der Waals surface area contributed by atoms with Crippen LogP contribution < -0.4 is 15.4 Å². The van der Waals surface area contributed by atoms with E-state index in [9.17, 15) is 18.3 Å². The van der Waals surface area contributed by atoms with Crippen LogP contribution in [-0.4, -0.2) is 36.4 Å². The van der Waals surface area contributed by atoms with Crippen LogP contribution in [0.1, 0.15) is 11.1 Å². The minimum absolute atomic E-state index is 0.00661. The molecule has 2 heterocycles. The molecule has 11 heteroatoms. The molecule has 10 nitrogen and oxygen atoms in total. The molecule has 0 amide bonds. The maximum Gasteiger partial charge on any atom is 0.322 e. The van der Waals surface area contributed by atoms with Gasteiger partial charge in [-0.3, -0.25) is 9.91 Å². The van der Waals surface area contributed by atoms with Gasteiger partial charge in [-0.2, -0.15) is 4.72 Å². The summed E-state index contributed by atoms with van der Waals surface area (Å²) in [7, 11) is -4.09. The standard InChI is InChI=1S/C24H22N6O4S/c31-24(32)22(14-17-15-25-21-9-5-4-8-20(17)21)28-35(33,34)19-12-10-16(11-13-19)23-26-29-30(27-23)18-6-2-1-3-7-18/h1-13,15,22,25,28-29H,14H2,(H2,26,27,31,32)/p-1. The molecular weight excluding hydrogens is 468 g/mol. The molecule has 0 spiro atoms. The fourth-order valence-electron chi connectivity index (χ4n) is 3.78. The van der Waals surface area contributed by atoms with Crippen molar-refractivity contribution in [2.24, 2.45) is 5.10 Å². The number of rotatable bonds is 8. The number of carboxylic acid groups (broad SMARTS) is 1. The molecule has 1 aliphatic rings. The highest BCUT2D eigenvalue weighted by atomic mass is 32.2. The van der Waals surface area contributed by atoms with Gasteiger partial charge in [-0.1, -0.05) is 48.5 Å². The zero-order valence-corrected chi connectivity index (χ0v) is 19.1. The second-order valence-electron chi connectivity index (χ2n) is 7.88. The van der Waals surface area contributed by atoms with Gasteiger partial charge in [0.25, 0.3) is 0 Å². The van der Waals surface area contributed by atoms with Crippen LogP contribution in [0.15, 0.2) is 95.1 Å². The van der Waals surface area contributed by atoms with Crippen LogP contribution in [0, 0.1) is 0 Å². The molecule has 3 aromatic carbocycles. The number of H-pyrrole nitrogens is 1. The molecule has 0 aliphatic carbocycles. The molecule has 1 atom stereocenters. The van der Waals surface area contributed by atoms with Crippen molar-refractivity contribution in [3.63, 3.8) is 0 Å². The highest BCUT2D eigenvalue weighted by Crippen LogP contribution is 2.22. The number of nitrogens with one attached hydrogen (secondary N) is 3. The van der Waals surface area contributed by atoms with Gasteiger partial charge in [-0.05, 0) is 47.3 Å². The van der Waals surface area contributed by atoms with Crippen molar-refractivity contribution in [2.75, 3.05) is 5.12 Å². The fraction of sp³-hybridized carbons (Fsp3) is 0.0833. The zero-order valence-electron chi connectivity index (χ0n) is 18.3. The first-order valence-corrected chi connectivity index (χ1v) is 12.2. The number of fused-ring (bicyclic) bond motifs is 1. The molecule has 0 saturated heterocycles. The summed E-state index contributed by atoms with van der Waals surface area (Å²) < 4.78 is 28.2. The molecule has 35 heavy (non-hydrogen) atoms. The van der Waals surface area contributed by atoms with Crippen molar-refractivity contribution in [3.05, 3.63) is 102 Å². The largest absolute Gasteiger partial charge is 0.480 e. The van der Waals surface area contributed by atoms with Crippen molar-refractivity contribution < 1.29 is 18.3 Å². The van der Waals surface area contributed by atoms with Crippen molar-refractivity contribution in [2.45, 2.75) is 17.4 Å². The predicted octanol–water partition coefficient (Wildman–Crippen LogP) is 3.12. The molecule has 4 N–H and O–H groups in total. The van der Waals surface area contributed by atoms with Crippen molar-refractivity contribution in [3.8, 4) is 0 Å². The molecule has 1 aliphatic heterocycles. The number of aliphatic carboxylic acids is 1. The van der Waals surface area contributed by atoms with Crippen molar-refractivity contribution in [1.29, 1.82) is 0 Å². The lowest BCUT2D eigenvalue weighted by molar-refractivity contribution is -0.138. The van der Waals surface area contributed by atoms with E-state index < -0.39 is 22.0 Å². The Kier molecular flexibility index (Phi) is 5.95. The second kappa shape index (κ2) is 9.22. The number of carbonyl (C=O) groups is 1. The van der Waals surface area contributed by atoms with E-state index in [1.54, 1.807) is 18.3 Å². The second-order valence-corrected chi connectivity index (χ2v) is 9.60. The zero-order chi connectivity index (χ0) is 24.4. The topological polar surface area (TPSA) is 141 Å². The molecule has 0 bridgehead atoms. The maximum absolute atomic E-state index is 13.0. The minimum atomic E-state index is -4.09. The summed E-state index contributed by atoms with van der Waals surface area (Å²) in [6, 6.07) is 21.4. The van der Waals surface area contributed by atoms with Gasteiger partial charge in [0.1, 0.15) is 6.04 Å². The third-order valence-electron chi connectivity index (χ3n) is 5.56. The van der Waals surface area contributed by atoms with E-state index in [1.807, 2.05) is 54.6 Å². The highest BCUT2D eigenvalue weighted by molar-refractivity contribution is 7.89. The maximum atomic E-state index is 13.0. The van der Waals surface area contributed by atoms with Crippen LogP contribution in [0.25, 0.3) is 16.3 Å². The van der Waals surface area contributed by atoms with Gasteiger partial charge in [0.15, 0.2) is 0 Å². The number of hydrazine groups is 1. The number of nitrogens with zero attached hydrogens (tertiary/aromatic N) is 3. The fourth-order valence-corrected chi connectivity index (χ4v) is 4.97. The Hall–Kier alpha value is -4.19. The molecule has 0 fully saturated rings. The summed E-state index contributed by atoms with van der Waals surface area (Å²) in [5.74, 6) is -0.879. The number of sulfonamides is 1. The summed E-state index contributed by atoms with van der Waals surface area (Å²) in [5.41, 5.74) is 9.93. The molecule has 1 aromatic heterocycles. The average molecular weight is 490 g/mol. The summed E-state index contributed by atoms with van der Waals surface area (Å²) >= 11 is 0. The van der Waals surface area contributed by atoms with Gasteiger partial charge in [-0.15, -0.1) is 0 Å². The molecule has 1 unspecified atom stereocenters. The molecule has 0 saturated carbocycles. The van der Waals surface area contributed by atoms with E-state index in [0.29, 0.717) is 17.0 Å². The van der Waals surface area contributed by atoms with Crippen LogP contribution in [0.3, 0.4) is 0 Å². The number of aromatic amines is 1. The lowest BCUT2D eigenvalue weighted by Crippen LogP contribution is -2.42. The number of carboxylic acids is 1. The molecule has 5 rings (SSSR count). The number of amidine groups is 1. The Morgan fingerprint density at radius 3 is 2.49 bits per heavy atom. The number of aromatic nitrogens is 1. The Bertz CT molecular complexity index is 1500. The Morgan fingerprint density at radius 1 is 1.03 bits per heavy atom. The number of para-hydroxylation sites is 2. The Balaban J connectivity index is 1.32. The SMILES string of the molecule is O=C(O)C(Cc1c[nH]c2ccccc12)NS(=O)(=O)c1ccc(C2=NN(c3ccccc3)N[N-]2)cc1. The molecule has 4 aromatic rings. The number of benzene rings is 3. The van der Waals surface area contributed by atoms with Crippen LogP contribution in [-0.2, 0) is 21.2 Å². The summed E-state index contributed by atoms with van der Waals surface area (Å²) in [4.78, 5) is 14.9. The van der Waals surface area contributed by atoms with Gasteiger partial charge in [0, 0.05) is 23.5 Å². The van der Waals surface area contributed by atoms with E-state index in [4.69, 9.17) is 0 Å². The molecule has 178 valence electrons. The predicted molar refractivity (Wildman–Crippen MR) is 132 cm³/mol. The first kappa shape index (κ1) is 22.6. The number of hydrogen-bond acceptors (Lipinski definition) is 6. The number of anilines is 1. The van der Waals surface area contributed by atoms with Gasteiger partial charge in [0.2, 0.25) is 10.0 Å². The average Bonchev–Trinajstić information content (AvgIpc) is 3.52. The van der Waals surface area contributed by atoms with Crippen molar-refractivity contribution in [1.82, 2.24) is 15.2 Å². The monoisotopic (exact) mass is 489 g/mol. The van der Waals surface area contributed by atoms with Gasteiger partial charge in [0.05, 0.1) is 10.6 Å². The van der Waals surface area contributed by atoms with Crippen LogP contribution >= 0.6 is 0 Å². The highest BCUT2D eigenvalue weighted by Gasteiger charge is 2.26. The van der Waals surface area contributed by atoms with E-state index in [1.165, 1.54) is 17.3 Å². The number of hydrogen-bond donors (Lipinski definition) is 4. The van der Waals surface area contributed by atoms with E-state index in [0.717, 1.165) is 16.6 Å². The lowest BCUT2D eigenvalue weighted by Gasteiger charge is -2.20.